The summed E-state index contributed by atoms with van der Waals surface area (Å²) in [5.41, 5.74) is 0. The quantitative estimate of drug-likeness (QED) is 0.389. The van der Waals surface area contributed by atoms with Gasteiger partial charge in [-0.25, -0.2) is 4.67 Å². The summed E-state index contributed by atoms with van der Waals surface area (Å²) in [6.07, 6.45) is -0.0113. The average molecular weight is 329 g/mol. The van der Waals surface area contributed by atoms with Crippen LogP contribution in [0.5, 0.6) is 0 Å². The fourth-order valence-electron chi connectivity index (χ4n) is 2.65. The van der Waals surface area contributed by atoms with E-state index in [2.05, 4.69) is 45.4 Å². The van der Waals surface area contributed by atoms with Crippen molar-refractivity contribution in [2.45, 2.75) is 78.2 Å². The van der Waals surface area contributed by atoms with Gasteiger partial charge in [-0.2, -0.15) is 5.26 Å². The number of nitrogens with zero attached hydrogens (tertiary/aromatic N) is 2. The van der Waals surface area contributed by atoms with Gasteiger partial charge in [0.1, 0.15) is 7.85 Å². The first-order valence-electron chi connectivity index (χ1n) is 8.73. The second-order valence-corrected chi connectivity index (χ2v) is 7.76. The maximum Gasteiger partial charge on any atom is 0.259 e. The number of rotatable bonds is 8. The van der Waals surface area contributed by atoms with Gasteiger partial charge in [0.15, 0.2) is 0 Å². The second kappa shape index (κ2) is 9.20. The van der Waals surface area contributed by atoms with Crippen molar-refractivity contribution in [2.75, 3.05) is 6.61 Å². The zero-order valence-electron chi connectivity index (χ0n) is 15.7. The number of hydrogen-bond donors (Lipinski definition) is 0. The molecule has 22 heavy (non-hydrogen) atoms. The maximum absolute atomic E-state index is 8.76. The number of hydrogen-bond acceptors (Lipinski definition) is 5. The Labute approximate surface area is 139 Å². The van der Waals surface area contributed by atoms with E-state index in [0.717, 1.165) is 0 Å². The summed E-state index contributed by atoms with van der Waals surface area (Å²) in [5, 5.41) is 8.76. The third-order valence-electron chi connectivity index (χ3n) is 3.89. The lowest BCUT2D eigenvalue weighted by molar-refractivity contribution is 0.0446. The molecule has 0 aromatic carbocycles. The van der Waals surface area contributed by atoms with Crippen LogP contribution in [0.15, 0.2) is 0 Å². The van der Waals surface area contributed by atoms with Crippen LogP contribution >= 0.6 is 8.53 Å². The first kappa shape index (κ1) is 18.2. The summed E-state index contributed by atoms with van der Waals surface area (Å²) in [5.74, 6) is 0.219. The largest absolute Gasteiger partial charge is 0.381 e. The van der Waals surface area contributed by atoms with E-state index in [4.69, 9.17) is 20.4 Å². The molecule has 0 bridgehead atoms. The Bertz CT molecular complexity index is 389. The predicted molar refractivity (Wildman–Crippen MR) is 92.1 cm³/mol. The Kier molecular flexibility index (Phi) is 7.60. The van der Waals surface area contributed by atoms with Crippen LogP contribution in [0.1, 0.15) is 49.3 Å². The molecule has 2 unspecified atom stereocenters. The molecule has 0 N–H and O–H groups in total. The average Bonchev–Trinajstić information content (AvgIpc) is 2.74. The second-order valence-electron chi connectivity index (χ2n) is 6.36. The van der Waals surface area contributed by atoms with Gasteiger partial charge in [0.05, 0.1) is 31.3 Å². The molecule has 0 amide bonds. The molecule has 1 saturated heterocycles. The Balaban J connectivity index is 2.88. The highest BCUT2D eigenvalue weighted by molar-refractivity contribution is 7.44. The monoisotopic (exact) mass is 329 g/mol. The van der Waals surface area contributed by atoms with E-state index in [1.807, 2.05) is 7.85 Å². The van der Waals surface area contributed by atoms with E-state index in [-0.39, 0.29) is 43.1 Å². The van der Waals surface area contributed by atoms with Gasteiger partial charge in [0.25, 0.3) is 8.53 Å². The van der Waals surface area contributed by atoms with E-state index in [0.29, 0.717) is 13.0 Å². The van der Waals surface area contributed by atoms with E-state index < -0.39 is 8.53 Å². The van der Waals surface area contributed by atoms with Crippen LogP contribution in [0.3, 0.4) is 0 Å². The van der Waals surface area contributed by atoms with Gasteiger partial charge in [-0.15, -0.1) is 0 Å². The van der Waals surface area contributed by atoms with E-state index in [9.17, 15) is 0 Å². The van der Waals surface area contributed by atoms with Crippen molar-refractivity contribution >= 4 is 16.4 Å². The minimum atomic E-state index is -1.28. The Morgan fingerprint density at radius 2 is 2.05 bits per heavy atom. The van der Waals surface area contributed by atoms with Crippen molar-refractivity contribution in [3.8, 4) is 6.07 Å². The van der Waals surface area contributed by atoms with Crippen LogP contribution in [0.25, 0.3) is 0 Å². The lowest BCUT2D eigenvalue weighted by atomic mass is 9.86. The molecule has 1 aliphatic heterocycles. The molecule has 1 aliphatic rings. The van der Waals surface area contributed by atoms with E-state index >= 15 is 0 Å². The fraction of sp³-hybridized carbons (Fsp3) is 0.933. The van der Waals surface area contributed by atoms with E-state index in [1.54, 1.807) is 0 Å². The van der Waals surface area contributed by atoms with Gasteiger partial charge in [-0.1, -0.05) is 6.92 Å². The molecule has 0 aromatic rings. The summed E-state index contributed by atoms with van der Waals surface area (Å²) in [6, 6.07) is 2.73. The summed E-state index contributed by atoms with van der Waals surface area (Å²) in [4.78, 5) is 0. The molecule has 1 heterocycles. The predicted octanol–water partition coefficient (Wildman–Crippen LogP) is 2.66. The fourth-order valence-corrected chi connectivity index (χ4v) is 4.49. The Morgan fingerprint density at radius 3 is 2.55 bits per heavy atom. The normalized spacial score (nSPS) is 30.8. The highest BCUT2D eigenvalue weighted by Gasteiger charge is 2.41. The molecular formula is C15H30BN2O3P. The summed E-state index contributed by atoms with van der Waals surface area (Å²) < 4.78 is 28.0. The lowest BCUT2D eigenvalue weighted by Crippen LogP contribution is -2.36. The number of ether oxygens (including phenoxy) is 1. The van der Waals surface area contributed by atoms with Gasteiger partial charge in [-0.05, 0) is 34.6 Å². The molecule has 7 heteroatoms. The molecule has 0 spiro atoms. The molecule has 5 nitrogen and oxygen atoms in total. The maximum atomic E-state index is 8.76. The lowest BCUT2D eigenvalue weighted by Gasteiger charge is -2.37. The van der Waals surface area contributed by atoms with Crippen molar-refractivity contribution in [3.05, 3.63) is 0 Å². The van der Waals surface area contributed by atoms with Crippen molar-refractivity contribution < 1.29 is 15.2 Å². The first-order chi connectivity index (χ1) is 10.8. The van der Waals surface area contributed by atoms with Crippen molar-refractivity contribution in [3.63, 3.8) is 0 Å². The molecular weight excluding hydrogens is 298 g/mol. The highest BCUT2D eigenvalue weighted by atomic mass is 31.2. The molecule has 0 saturated carbocycles. The van der Waals surface area contributed by atoms with Crippen LogP contribution in [0.2, 0.25) is 0 Å². The standard InChI is InChI=1S/C15H30BN2O3P/c1-10(2)18(11(3)4)22(19-9-7-8-17)21-14-12(5)15(16)20-13(14)6/h10-15H,7,9,16H2,1-6H3/t12?,13-,14-,15-,22?/m1/s1/i6D. The zero-order chi connectivity index (χ0) is 17.6. The third-order valence-corrected chi connectivity index (χ3v) is 6.02. The minimum absolute atomic E-state index is 0.0814. The van der Waals surface area contributed by atoms with Gasteiger partial charge in [0, 0.05) is 25.4 Å². The van der Waals surface area contributed by atoms with Crippen LogP contribution in [-0.2, 0) is 13.8 Å². The molecule has 0 aliphatic carbocycles. The first-order valence-corrected chi connectivity index (χ1v) is 9.16. The Hall–Kier alpha value is -0.175. The van der Waals surface area contributed by atoms with Gasteiger partial charge in [0.2, 0.25) is 0 Å². The molecule has 0 radical (unpaired) electrons. The topological polar surface area (TPSA) is 54.7 Å². The summed E-state index contributed by atoms with van der Waals surface area (Å²) in [6.45, 7) is 11.1. The zero-order valence-corrected chi connectivity index (χ0v) is 15.5. The molecule has 0 aromatic heterocycles. The SMILES string of the molecule is [2H]C[C@H]1O[C@@H](B)C(C)[C@H]1OP(OCCC#N)N(C(C)C)C(C)C. The van der Waals surface area contributed by atoms with Gasteiger partial charge >= 0.3 is 0 Å². The van der Waals surface area contributed by atoms with Crippen molar-refractivity contribution in [1.82, 2.24) is 4.67 Å². The van der Waals surface area contributed by atoms with Gasteiger partial charge < -0.3 is 13.8 Å². The van der Waals surface area contributed by atoms with Crippen LogP contribution < -0.4 is 0 Å². The molecule has 126 valence electrons. The summed E-state index contributed by atoms with van der Waals surface area (Å²) >= 11 is 0. The molecule has 5 atom stereocenters. The van der Waals surface area contributed by atoms with Crippen molar-refractivity contribution in [2.24, 2.45) is 5.92 Å². The Morgan fingerprint density at radius 1 is 1.41 bits per heavy atom. The van der Waals surface area contributed by atoms with E-state index in [1.165, 1.54) is 0 Å². The summed E-state index contributed by atoms with van der Waals surface area (Å²) in [7, 11) is 0.741. The van der Waals surface area contributed by atoms with Gasteiger partial charge in [-0.3, -0.25) is 0 Å². The van der Waals surface area contributed by atoms with Crippen LogP contribution in [0.4, 0.5) is 0 Å². The molecule has 1 rings (SSSR count). The van der Waals surface area contributed by atoms with Crippen LogP contribution in [0, 0.1) is 17.2 Å². The van der Waals surface area contributed by atoms with Crippen LogP contribution in [-0.4, -0.2) is 49.4 Å². The third kappa shape index (κ3) is 5.18. The molecule has 1 fully saturated rings. The minimum Gasteiger partial charge on any atom is -0.381 e. The smallest absolute Gasteiger partial charge is 0.259 e. The number of nitriles is 1. The highest BCUT2D eigenvalue weighted by Crippen LogP contribution is 2.49. The van der Waals surface area contributed by atoms with Crippen molar-refractivity contribution in [1.29, 1.82) is 5.26 Å².